The number of hydrogen-bond donors (Lipinski definition) is 3. The lowest BCUT2D eigenvalue weighted by Crippen LogP contribution is -2.43. The molecular formula is C18H20ClN3O5S. The second kappa shape index (κ2) is 9.05. The molecule has 0 unspecified atom stereocenters. The number of aryl methyl sites for hydroxylation is 2. The van der Waals surface area contributed by atoms with E-state index in [0.717, 1.165) is 11.1 Å². The average molecular weight is 426 g/mol. The fourth-order valence-electron chi connectivity index (χ4n) is 2.28. The van der Waals surface area contributed by atoms with Gasteiger partial charge in [0.2, 0.25) is 5.91 Å². The largest absolute Gasteiger partial charge is 0.484 e. The Kier molecular flexibility index (Phi) is 7.00. The van der Waals surface area contributed by atoms with Gasteiger partial charge in [-0.1, -0.05) is 11.6 Å². The summed E-state index contributed by atoms with van der Waals surface area (Å²) in [5, 5.41) is 3.15. The number of carbonyl (C=O) groups excluding carboxylic acids is 2. The Balaban J connectivity index is 1.91. The third-order valence-corrected chi connectivity index (χ3v) is 5.45. The van der Waals surface area contributed by atoms with E-state index < -0.39 is 15.9 Å². The first-order valence-electron chi connectivity index (χ1n) is 8.16. The monoisotopic (exact) mass is 425 g/mol. The summed E-state index contributed by atoms with van der Waals surface area (Å²) in [7, 11) is -3.97. The quantitative estimate of drug-likeness (QED) is 0.589. The molecule has 0 radical (unpaired) electrons. The summed E-state index contributed by atoms with van der Waals surface area (Å²) in [6.45, 7) is 4.59. The third-order valence-electron chi connectivity index (χ3n) is 3.59. The van der Waals surface area contributed by atoms with E-state index in [9.17, 15) is 18.0 Å². The summed E-state index contributed by atoms with van der Waals surface area (Å²) in [5.74, 6) is -0.498. The maximum atomic E-state index is 12.2. The van der Waals surface area contributed by atoms with Gasteiger partial charge in [-0.2, -0.15) is 0 Å². The smallest absolute Gasteiger partial charge is 0.272 e. The predicted molar refractivity (Wildman–Crippen MR) is 106 cm³/mol. The Morgan fingerprint density at radius 1 is 1.07 bits per heavy atom. The van der Waals surface area contributed by atoms with E-state index in [1.807, 2.05) is 18.7 Å². The van der Waals surface area contributed by atoms with Gasteiger partial charge in [-0.05, 0) is 61.4 Å². The SMILES string of the molecule is CC(=O)Nc1ccc(S(=O)(=O)NNC(=O)COc2cc(C)c(Cl)c(C)c2)cc1. The van der Waals surface area contributed by atoms with Gasteiger partial charge in [0, 0.05) is 17.6 Å². The molecule has 0 bridgehead atoms. The van der Waals surface area contributed by atoms with Crippen molar-refractivity contribution in [3.8, 4) is 5.75 Å². The van der Waals surface area contributed by atoms with E-state index in [4.69, 9.17) is 16.3 Å². The number of hydrazine groups is 1. The van der Waals surface area contributed by atoms with Gasteiger partial charge in [-0.15, -0.1) is 4.83 Å². The van der Waals surface area contributed by atoms with Gasteiger partial charge in [0.05, 0.1) is 4.90 Å². The third kappa shape index (κ3) is 5.95. The standard InChI is InChI=1S/C18H20ClN3O5S/c1-11-8-15(9-12(2)18(11)19)27-10-17(24)21-22-28(25,26)16-6-4-14(5-7-16)20-13(3)23/h4-9,22H,10H2,1-3H3,(H,20,23)(H,21,24). The van der Waals surface area contributed by atoms with Crippen molar-refractivity contribution >= 4 is 39.1 Å². The van der Waals surface area contributed by atoms with Crippen LogP contribution in [-0.4, -0.2) is 26.8 Å². The number of rotatable bonds is 7. The zero-order valence-corrected chi connectivity index (χ0v) is 17.1. The molecule has 0 aliphatic heterocycles. The normalized spacial score (nSPS) is 11.0. The zero-order chi connectivity index (χ0) is 20.9. The molecule has 0 fully saturated rings. The van der Waals surface area contributed by atoms with Gasteiger partial charge in [-0.3, -0.25) is 15.0 Å². The highest BCUT2D eigenvalue weighted by Gasteiger charge is 2.15. The fraction of sp³-hybridized carbons (Fsp3) is 0.222. The Morgan fingerprint density at radius 2 is 1.64 bits per heavy atom. The number of ether oxygens (including phenoxy) is 1. The molecule has 3 N–H and O–H groups in total. The van der Waals surface area contributed by atoms with Crippen LogP contribution in [0.25, 0.3) is 0 Å². The van der Waals surface area contributed by atoms with Crippen molar-refractivity contribution in [1.82, 2.24) is 10.3 Å². The van der Waals surface area contributed by atoms with E-state index in [0.29, 0.717) is 16.5 Å². The summed E-state index contributed by atoms with van der Waals surface area (Å²) in [4.78, 5) is 24.8. The molecule has 2 rings (SSSR count). The molecule has 2 aromatic carbocycles. The number of nitrogens with one attached hydrogen (secondary N) is 3. The van der Waals surface area contributed by atoms with Crippen LogP contribution in [0.1, 0.15) is 18.1 Å². The number of hydrogen-bond acceptors (Lipinski definition) is 5. The topological polar surface area (TPSA) is 114 Å². The summed E-state index contributed by atoms with van der Waals surface area (Å²) in [6, 6.07) is 8.84. The lowest BCUT2D eigenvalue weighted by atomic mass is 10.1. The molecule has 0 aromatic heterocycles. The van der Waals surface area contributed by atoms with Crippen molar-refractivity contribution in [2.24, 2.45) is 0 Å². The molecule has 0 aliphatic rings. The Bertz CT molecular complexity index is 968. The van der Waals surface area contributed by atoms with Crippen LogP contribution in [0.4, 0.5) is 5.69 Å². The zero-order valence-electron chi connectivity index (χ0n) is 15.5. The van der Waals surface area contributed by atoms with Gasteiger partial charge < -0.3 is 10.1 Å². The molecule has 28 heavy (non-hydrogen) atoms. The number of carbonyl (C=O) groups is 2. The van der Waals surface area contributed by atoms with Crippen molar-refractivity contribution in [2.45, 2.75) is 25.7 Å². The highest BCUT2D eigenvalue weighted by Crippen LogP contribution is 2.25. The molecule has 8 nitrogen and oxygen atoms in total. The minimum Gasteiger partial charge on any atom is -0.484 e. The second-order valence-electron chi connectivity index (χ2n) is 6.02. The predicted octanol–water partition coefficient (Wildman–Crippen LogP) is 2.30. The molecule has 0 aliphatic carbocycles. The number of sulfonamides is 1. The van der Waals surface area contributed by atoms with Gasteiger partial charge in [-0.25, -0.2) is 8.42 Å². The van der Waals surface area contributed by atoms with Crippen molar-refractivity contribution < 1.29 is 22.7 Å². The molecule has 150 valence electrons. The van der Waals surface area contributed by atoms with Gasteiger partial charge in [0.25, 0.3) is 15.9 Å². The Hall–Kier alpha value is -2.62. The number of benzene rings is 2. The van der Waals surface area contributed by atoms with Gasteiger partial charge in [0.15, 0.2) is 6.61 Å². The molecule has 2 aromatic rings. The Labute approximate surface area is 168 Å². The van der Waals surface area contributed by atoms with Gasteiger partial charge in [0.1, 0.15) is 5.75 Å². The van der Waals surface area contributed by atoms with Crippen molar-refractivity contribution in [2.75, 3.05) is 11.9 Å². The van der Waals surface area contributed by atoms with Crippen LogP contribution in [-0.2, 0) is 19.6 Å². The van der Waals surface area contributed by atoms with Crippen LogP contribution in [0.2, 0.25) is 5.02 Å². The van der Waals surface area contributed by atoms with Crippen LogP contribution in [0.15, 0.2) is 41.3 Å². The minimum atomic E-state index is -3.97. The number of halogens is 1. The van der Waals surface area contributed by atoms with Crippen LogP contribution in [0.5, 0.6) is 5.75 Å². The summed E-state index contributed by atoms with van der Waals surface area (Å²) >= 11 is 6.07. The first-order chi connectivity index (χ1) is 13.1. The minimum absolute atomic E-state index is 0.0771. The highest BCUT2D eigenvalue weighted by atomic mass is 35.5. The Morgan fingerprint density at radius 3 is 2.18 bits per heavy atom. The molecular weight excluding hydrogens is 406 g/mol. The number of amides is 2. The molecule has 0 saturated carbocycles. The van der Waals surface area contributed by atoms with Crippen molar-refractivity contribution in [3.63, 3.8) is 0 Å². The van der Waals surface area contributed by atoms with Gasteiger partial charge >= 0.3 is 0 Å². The van der Waals surface area contributed by atoms with Crippen LogP contribution >= 0.6 is 11.6 Å². The first kappa shape index (κ1) is 21.7. The lowest BCUT2D eigenvalue weighted by Gasteiger charge is -2.11. The van der Waals surface area contributed by atoms with Crippen molar-refractivity contribution in [3.05, 3.63) is 52.5 Å². The highest BCUT2D eigenvalue weighted by molar-refractivity contribution is 7.89. The van der Waals surface area contributed by atoms with E-state index in [-0.39, 0.29) is 17.4 Å². The maximum Gasteiger partial charge on any atom is 0.272 e. The van der Waals surface area contributed by atoms with E-state index in [1.165, 1.54) is 31.2 Å². The molecule has 0 heterocycles. The molecule has 0 atom stereocenters. The second-order valence-corrected chi connectivity index (χ2v) is 8.08. The molecule has 2 amide bonds. The molecule has 10 heteroatoms. The van der Waals surface area contributed by atoms with Crippen LogP contribution in [0.3, 0.4) is 0 Å². The van der Waals surface area contributed by atoms with E-state index >= 15 is 0 Å². The first-order valence-corrected chi connectivity index (χ1v) is 10.0. The molecule has 0 spiro atoms. The van der Waals surface area contributed by atoms with E-state index in [1.54, 1.807) is 12.1 Å². The van der Waals surface area contributed by atoms with Crippen molar-refractivity contribution in [1.29, 1.82) is 0 Å². The fourth-order valence-corrected chi connectivity index (χ4v) is 3.25. The van der Waals surface area contributed by atoms with Crippen LogP contribution < -0.4 is 20.3 Å². The molecule has 0 saturated heterocycles. The van der Waals surface area contributed by atoms with Crippen LogP contribution in [0, 0.1) is 13.8 Å². The van der Waals surface area contributed by atoms with E-state index in [2.05, 4.69) is 10.7 Å². The number of anilines is 1. The summed E-state index contributed by atoms with van der Waals surface area (Å²) in [6.07, 6.45) is 0. The maximum absolute atomic E-state index is 12.2. The average Bonchev–Trinajstić information content (AvgIpc) is 2.62. The summed E-state index contributed by atoms with van der Waals surface area (Å²) in [5.41, 5.74) is 4.15. The lowest BCUT2D eigenvalue weighted by molar-refractivity contribution is -0.123. The summed E-state index contributed by atoms with van der Waals surface area (Å²) < 4.78 is 29.8.